The molecule has 2 aromatic heterocycles. The maximum atomic E-state index is 12.4. The number of nitrogens with one attached hydrogen (secondary N) is 2. The summed E-state index contributed by atoms with van der Waals surface area (Å²) in [5.74, 6) is 2.03. The SMILES string of the molecule is CC(C)CN1CCC2(CCN(Cc3ccc(C(N)=O)c(Cc4ncc[nH]4)c3Cc3ncc[nH]3)CC2)C1. The second-order valence-corrected chi connectivity index (χ2v) is 11.2. The van der Waals surface area contributed by atoms with Crippen LogP contribution < -0.4 is 5.73 Å². The highest BCUT2D eigenvalue weighted by Crippen LogP contribution is 2.41. The largest absolute Gasteiger partial charge is 0.366 e. The number of nitrogens with zero attached hydrogens (tertiary/aromatic N) is 4. The predicted molar refractivity (Wildman–Crippen MR) is 141 cm³/mol. The van der Waals surface area contributed by atoms with E-state index in [9.17, 15) is 4.79 Å². The van der Waals surface area contributed by atoms with Crippen molar-refractivity contribution >= 4 is 5.91 Å². The number of nitrogens with two attached hydrogens (primary N) is 1. The van der Waals surface area contributed by atoms with E-state index in [0.717, 1.165) is 48.3 Å². The van der Waals surface area contributed by atoms with Crippen LogP contribution in [0.4, 0.5) is 0 Å². The highest BCUT2D eigenvalue weighted by molar-refractivity contribution is 5.95. The summed E-state index contributed by atoms with van der Waals surface area (Å²) in [6.07, 6.45) is 12.2. The number of hydrogen-bond donors (Lipinski definition) is 3. The second kappa shape index (κ2) is 10.6. The lowest BCUT2D eigenvalue weighted by Crippen LogP contribution is -2.41. The van der Waals surface area contributed by atoms with Gasteiger partial charge in [-0.15, -0.1) is 0 Å². The Labute approximate surface area is 213 Å². The molecule has 2 saturated heterocycles. The molecule has 2 aliphatic rings. The number of carbonyl (C=O) groups is 1. The molecule has 1 amide bonds. The van der Waals surface area contributed by atoms with Crippen LogP contribution in [0.2, 0.25) is 0 Å². The van der Waals surface area contributed by atoms with Crippen LogP contribution in [0.25, 0.3) is 0 Å². The van der Waals surface area contributed by atoms with Crippen LogP contribution in [0.5, 0.6) is 0 Å². The van der Waals surface area contributed by atoms with Crippen molar-refractivity contribution in [1.82, 2.24) is 29.7 Å². The highest BCUT2D eigenvalue weighted by Gasteiger charge is 2.40. The molecule has 0 bridgehead atoms. The zero-order valence-corrected chi connectivity index (χ0v) is 21.6. The topological polar surface area (TPSA) is 107 Å². The Morgan fingerprint density at radius 2 is 1.58 bits per heavy atom. The smallest absolute Gasteiger partial charge is 0.249 e. The van der Waals surface area contributed by atoms with Crippen LogP contribution in [0.3, 0.4) is 0 Å². The van der Waals surface area contributed by atoms with Crippen LogP contribution in [0, 0.1) is 11.3 Å². The summed E-state index contributed by atoms with van der Waals surface area (Å²) < 4.78 is 0. The third-order valence-electron chi connectivity index (χ3n) is 8.04. The number of piperidine rings is 1. The molecular weight excluding hydrogens is 450 g/mol. The molecule has 8 nitrogen and oxygen atoms in total. The number of H-pyrrole nitrogens is 2. The van der Waals surface area contributed by atoms with Gasteiger partial charge in [0.05, 0.1) is 0 Å². The van der Waals surface area contributed by atoms with E-state index < -0.39 is 5.91 Å². The number of benzene rings is 1. The average Bonchev–Trinajstić information content (AvgIpc) is 3.61. The predicted octanol–water partition coefficient (Wildman–Crippen LogP) is 3.36. The Hall–Kier alpha value is -2.97. The lowest BCUT2D eigenvalue weighted by molar-refractivity contribution is 0.0995. The van der Waals surface area contributed by atoms with Crippen molar-refractivity contribution in [3.8, 4) is 0 Å². The van der Waals surface area contributed by atoms with Crippen LogP contribution in [0.15, 0.2) is 36.9 Å². The van der Waals surface area contributed by atoms with Gasteiger partial charge in [0.25, 0.3) is 0 Å². The fourth-order valence-corrected chi connectivity index (χ4v) is 6.20. The summed E-state index contributed by atoms with van der Waals surface area (Å²) in [4.78, 5) is 33.0. The van der Waals surface area contributed by atoms with E-state index in [-0.39, 0.29) is 0 Å². The first-order valence-electron chi connectivity index (χ1n) is 13.3. The average molecular weight is 490 g/mol. The van der Waals surface area contributed by atoms with Crippen molar-refractivity contribution in [1.29, 1.82) is 0 Å². The number of carbonyl (C=O) groups excluding carboxylic acids is 1. The van der Waals surface area contributed by atoms with Gasteiger partial charge in [-0.3, -0.25) is 9.69 Å². The molecule has 2 aliphatic heterocycles. The van der Waals surface area contributed by atoms with Crippen molar-refractivity contribution < 1.29 is 4.79 Å². The quantitative estimate of drug-likeness (QED) is 0.427. The molecule has 0 saturated carbocycles. The van der Waals surface area contributed by atoms with Crippen molar-refractivity contribution in [2.75, 3.05) is 32.7 Å². The van der Waals surface area contributed by atoms with E-state index in [1.54, 1.807) is 12.4 Å². The number of likely N-dealkylation sites (tertiary alicyclic amines) is 2. The maximum Gasteiger partial charge on any atom is 0.249 e. The van der Waals surface area contributed by atoms with E-state index >= 15 is 0 Å². The van der Waals surface area contributed by atoms with Crippen molar-refractivity contribution in [2.45, 2.75) is 52.5 Å². The zero-order chi connectivity index (χ0) is 25.1. The number of primary amides is 1. The van der Waals surface area contributed by atoms with Gasteiger partial charge in [-0.2, -0.15) is 0 Å². The van der Waals surface area contributed by atoms with E-state index in [0.29, 0.717) is 23.8 Å². The summed E-state index contributed by atoms with van der Waals surface area (Å²) in [5, 5.41) is 0. The number of amides is 1. The van der Waals surface area contributed by atoms with Crippen LogP contribution in [-0.2, 0) is 19.4 Å². The highest BCUT2D eigenvalue weighted by atomic mass is 16.1. The lowest BCUT2D eigenvalue weighted by atomic mass is 9.77. The number of imidazole rings is 2. The first kappa shape index (κ1) is 24.7. The molecule has 0 atom stereocenters. The molecule has 0 aliphatic carbocycles. The van der Waals surface area contributed by atoms with Gasteiger partial charge in [0.2, 0.25) is 5.91 Å². The Morgan fingerprint density at radius 1 is 0.972 bits per heavy atom. The monoisotopic (exact) mass is 489 g/mol. The standard InChI is InChI=1S/C28H39N7O/c1-20(2)17-35-14-7-28(19-35)5-12-34(13-6-28)18-21-3-4-22(27(29)36)24(16-26-32-10-11-33-26)23(21)15-25-30-8-9-31-25/h3-4,8-11,20H,5-7,12-19H2,1-2H3,(H2,29,36)(H,30,31)(H,32,33). The van der Waals surface area contributed by atoms with Gasteiger partial charge in [-0.25, -0.2) is 9.97 Å². The molecule has 192 valence electrons. The van der Waals surface area contributed by atoms with Crippen molar-refractivity contribution in [3.63, 3.8) is 0 Å². The minimum atomic E-state index is -0.407. The van der Waals surface area contributed by atoms with Gasteiger partial charge in [0.15, 0.2) is 0 Å². The molecule has 5 rings (SSSR count). The second-order valence-electron chi connectivity index (χ2n) is 11.2. The Bertz CT molecular complexity index is 1150. The summed E-state index contributed by atoms with van der Waals surface area (Å²) in [7, 11) is 0. The minimum absolute atomic E-state index is 0.407. The summed E-state index contributed by atoms with van der Waals surface area (Å²) in [6.45, 7) is 11.4. The van der Waals surface area contributed by atoms with Crippen LogP contribution >= 0.6 is 0 Å². The summed E-state index contributed by atoms with van der Waals surface area (Å²) in [6, 6.07) is 3.99. The van der Waals surface area contributed by atoms with Gasteiger partial charge in [-0.05, 0) is 73.0 Å². The first-order valence-corrected chi connectivity index (χ1v) is 13.3. The fourth-order valence-electron chi connectivity index (χ4n) is 6.20. The molecule has 4 N–H and O–H groups in total. The Morgan fingerprint density at radius 3 is 2.14 bits per heavy atom. The van der Waals surface area contributed by atoms with Gasteiger partial charge in [0, 0.05) is 62.8 Å². The molecule has 0 radical (unpaired) electrons. The Balaban J connectivity index is 1.37. The van der Waals surface area contributed by atoms with Gasteiger partial charge in [-0.1, -0.05) is 19.9 Å². The van der Waals surface area contributed by atoms with Crippen molar-refractivity contribution in [2.24, 2.45) is 17.1 Å². The third-order valence-corrected chi connectivity index (χ3v) is 8.04. The van der Waals surface area contributed by atoms with Gasteiger partial charge < -0.3 is 20.6 Å². The minimum Gasteiger partial charge on any atom is -0.366 e. The molecule has 3 aromatic rings. The van der Waals surface area contributed by atoms with E-state index in [1.165, 1.54) is 44.5 Å². The van der Waals surface area contributed by atoms with Gasteiger partial charge >= 0.3 is 0 Å². The van der Waals surface area contributed by atoms with Crippen molar-refractivity contribution in [3.05, 3.63) is 70.8 Å². The number of aromatic nitrogens is 4. The molecule has 0 unspecified atom stereocenters. The number of aromatic amines is 2. The zero-order valence-electron chi connectivity index (χ0n) is 21.6. The van der Waals surface area contributed by atoms with Gasteiger partial charge in [0.1, 0.15) is 11.6 Å². The number of rotatable bonds is 9. The molecule has 2 fully saturated rings. The Kier molecular flexibility index (Phi) is 7.25. The van der Waals surface area contributed by atoms with E-state index in [2.05, 4.69) is 49.6 Å². The van der Waals surface area contributed by atoms with Crippen LogP contribution in [0.1, 0.15) is 71.8 Å². The lowest BCUT2D eigenvalue weighted by Gasteiger charge is -2.40. The molecule has 1 spiro atoms. The molecular formula is C28H39N7O. The summed E-state index contributed by atoms with van der Waals surface area (Å²) in [5.41, 5.74) is 10.2. The molecule has 1 aromatic carbocycles. The van der Waals surface area contributed by atoms with Crippen LogP contribution in [-0.4, -0.2) is 68.4 Å². The summed E-state index contributed by atoms with van der Waals surface area (Å²) >= 11 is 0. The van der Waals surface area contributed by atoms with E-state index in [4.69, 9.17) is 5.73 Å². The molecule has 8 heteroatoms. The fraction of sp³-hybridized carbons (Fsp3) is 0.536. The number of hydrogen-bond acceptors (Lipinski definition) is 5. The van der Waals surface area contributed by atoms with E-state index in [1.807, 2.05) is 18.5 Å². The maximum absolute atomic E-state index is 12.4. The molecule has 4 heterocycles. The molecule has 36 heavy (non-hydrogen) atoms. The third kappa shape index (κ3) is 5.55. The normalized spacial score (nSPS) is 18.4. The first-order chi connectivity index (χ1) is 17.4.